The summed E-state index contributed by atoms with van der Waals surface area (Å²) < 4.78 is 0. The highest BCUT2D eigenvalue weighted by molar-refractivity contribution is 6.78. The molecule has 0 aromatic heterocycles. The Balaban J connectivity index is 2.16. The lowest BCUT2D eigenvalue weighted by molar-refractivity contribution is 0.423. The molecule has 4 atom stereocenters. The van der Waals surface area contributed by atoms with E-state index in [0.29, 0.717) is 11.8 Å². The molecular weight excluding hydrogens is 296 g/mol. The second-order valence-electron chi connectivity index (χ2n) is 9.28. The number of rotatable bonds is 3. The first-order valence-electron chi connectivity index (χ1n) is 8.88. The molecule has 0 amide bonds. The molecule has 0 fully saturated rings. The number of hydrogen-bond donors (Lipinski definition) is 0. The zero-order valence-corrected chi connectivity index (χ0v) is 17.3. The first-order valence-corrected chi connectivity index (χ1v) is 16.0. The third kappa shape index (κ3) is 4.69. The molecule has 0 nitrogen and oxygen atoms in total. The van der Waals surface area contributed by atoms with Crippen LogP contribution >= 0.6 is 0 Å². The van der Waals surface area contributed by atoms with Gasteiger partial charge in [-0.3, -0.25) is 0 Å². The van der Waals surface area contributed by atoms with Gasteiger partial charge in [0, 0.05) is 0 Å². The van der Waals surface area contributed by atoms with Crippen molar-refractivity contribution in [2.45, 2.75) is 63.2 Å². The average Bonchev–Trinajstić information content (AvgIpc) is 2.77. The van der Waals surface area contributed by atoms with Gasteiger partial charge in [0.1, 0.15) is 0 Å². The monoisotopic (exact) mass is 330 g/mol. The predicted octanol–water partition coefficient (Wildman–Crippen LogP) is 6.67. The van der Waals surface area contributed by atoms with Gasteiger partial charge in [0.05, 0.1) is 16.1 Å². The Hall–Kier alpha value is -0.606. The van der Waals surface area contributed by atoms with Crippen molar-refractivity contribution in [1.82, 2.24) is 0 Å². The fourth-order valence-electron chi connectivity index (χ4n) is 3.63. The van der Waals surface area contributed by atoms with Gasteiger partial charge in [-0.15, -0.1) is 0 Å². The van der Waals surface area contributed by atoms with Gasteiger partial charge in [-0.05, 0) is 35.8 Å². The third-order valence-corrected chi connectivity index (χ3v) is 10.8. The van der Waals surface area contributed by atoms with Gasteiger partial charge in [0.25, 0.3) is 0 Å². The van der Waals surface area contributed by atoms with E-state index in [4.69, 9.17) is 0 Å². The highest BCUT2D eigenvalue weighted by Gasteiger charge is 2.33. The minimum atomic E-state index is -1.12. The summed E-state index contributed by atoms with van der Waals surface area (Å²) in [6, 6.07) is 0. The van der Waals surface area contributed by atoms with Crippen molar-refractivity contribution in [3.8, 4) is 0 Å². The maximum atomic E-state index is 2.51. The lowest BCUT2D eigenvalue weighted by Crippen LogP contribution is -2.31. The maximum absolute atomic E-state index is 2.51. The molecule has 0 aromatic rings. The van der Waals surface area contributed by atoms with Crippen molar-refractivity contribution >= 4 is 16.1 Å². The van der Waals surface area contributed by atoms with Crippen LogP contribution in [0.15, 0.2) is 48.6 Å². The van der Waals surface area contributed by atoms with E-state index in [0.717, 1.165) is 11.1 Å². The quantitative estimate of drug-likeness (QED) is 0.507. The van der Waals surface area contributed by atoms with Crippen molar-refractivity contribution in [3.05, 3.63) is 48.6 Å². The summed E-state index contributed by atoms with van der Waals surface area (Å²) >= 11 is 0. The fourth-order valence-corrected chi connectivity index (χ4v) is 6.97. The van der Waals surface area contributed by atoms with Crippen LogP contribution in [-0.2, 0) is 0 Å². The van der Waals surface area contributed by atoms with E-state index in [9.17, 15) is 0 Å². The molecular formula is C20H34Si2. The Morgan fingerprint density at radius 3 is 1.18 bits per heavy atom. The SMILES string of the molecule is C[Si](C)(C)[C@@H]1C=CC=C[C@@H]([C@@H]2C=CC=C[C@@H]([Si](C)(C)C)C2)C1. The van der Waals surface area contributed by atoms with Crippen LogP contribution in [0.5, 0.6) is 0 Å². The van der Waals surface area contributed by atoms with Crippen LogP contribution in [0.4, 0.5) is 0 Å². The first-order chi connectivity index (χ1) is 10.2. The molecule has 0 saturated heterocycles. The third-order valence-electron chi connectivity index (χ3n) is 5.45. The van der Waals surface area contributed by atoms with Gasteiger partial charge in [0.15, 0.2) is 0 Å². The molecule has 2 rings (SSSR count). The molecule has 0 aromatic carbocycles. The summed E-state index contributed by atoms with van der Waals surface area (Å²) in [5.41, 5.74) is 1.62. The summed E-state index contributed by atoms with van der Waals surface area (Å²) in [5.74, 6) is 1.42. The van der Waals surface area contributed by atoms with E-state index in [1.807, 2.05) is 0 Å². The maximum Gasteiger partial charge on any atom is 0.0514 e. The molecule has 22 heavy (non-hydrogen) atoms. The smallest absolute Gasteiger partial charge is 0.0514 e. The Morgan fingerprint density at radius 1 is 0.545 bits per heavy atom. The van der Waals surface area contributed by atoms with Crippen molar-refractivity contribution in [3.63, 3.8) is 0 Å². The molecule has 0 bridgehead atoms. The molecule has 2 aliphatic carbocycles. The minimum Gasteiger partial charge on any atom is -0.0841 e. The summed E-state index contributed by atoms with van der Waals surface area (Å²) in [6.45, 7) is 15.1. The van der Waals surface area contributed by atoms with Crippen molar-refractivity contribution < 1.29 is 0 Å². The van der Waals surface area contributed by atoms with Crippen LogP contribution in [-0.4, -0.2) is 16.1 Å². The van der Waals surface area contributed by atoms with Gasteiger partial charge in [-0.2, -0.15) is 0 Å². The second kappa shape index (κ2) is 6.88. The van der Waals surface area contributed by atoms with Crippen LogP contribution in [0.25, 0.3) is 0 Å². The molecule has 2 aliphatic rings. The first kappa shape index (κ1) is 17.7. The fraction of sp³-hybridized carbons (Fsp3) is 0.600. The van der Waals surface area contributed by atoms with Gasteiger partial charge in [-0.1, -0.05) is 87.9 Å². The van der Waals surface area contributed by atoms with E-state index in [-0.39, 0.29) is 0 Å². The lowest BCUT2D eigenvalue weighted by atomic mass is 9.85. The van der Waals surface area contributed by atoms with Crippen molar-refractivity contribution in [1.29, 1.82) is 0 Å². The summed E-state index contributed by atoms with van der Waals surface area (Å²) in [7, 11) is -2.24. The molecule has 0 saturated carbocycles. The zero-order valence-electron chi connectivity index (χ0n) is 15.3. The Bertz CT molecular complexity index is 437. The van der Waals surface area contributed by atoms with Gasteiger partial charge in [-0.25, -0.2) is 0 Å². The van der Waals surface area contributed by atoms with Crippen LogP contribution in [0.1, 0.15) is 12.8 Å². The van der Waals surface area contributed by atoms with Crippen LogP contribution in [0, 0.1) is 11.8 Å². The van der Waals surface area contributed by atoms with Crippen LogP contribution < -0.4 is 0 Å². The van der Waals surface area contributed by atoms with E-state index < -0.39 is 16.1 Å². The highest BCUT2D eigenvalue weighted by Crippen LogP contribution is 2.41. The van der Waals surface area contributed by atoms with Crippen molar-refractivity contribution in [2.24, 2.45) is 11.8 Å². The van der Waals surface area contributed by atoms with E-state index in [1.165, 1.54) is 12.8 Å². The highest BCUT2D eigenvalue weighted by atomic mass is 28.3. The standard InChI is InChI=1S/C20H34Si2/c1-21(2,3)19-13-9-7-11-17(15-19)18-12-8-10-14-20(16-18)22(4,5)6/h7-14,17-20H,15-16H2,1-6H3/t17-,18-,19-,20-/m1/s1. The molecule has 0 unspecified atom stereocenters. The van der Waals surface area contributed by atoms with E-state index in [2.05, 4.69) is 87.9 Å². The predicted molar refractivity (Wildman–Crippen MR) is 107 cm³/mol. The summed E-state index contributed by atoms with van der Waals surface area (Å²) in [6.07, 6.45) is 21.8. The Kier molecular flexibility index (Phi) is 5.55. The largest absolute Gasteiger partial charge is 0.0841 e. The van der Waals surface area contributed by atoms with Crippen LogP contribution in [0.2, 0.25) is 50.4 Å². The van der Waals surface area contributed by atoms with Gasteiger partial charge < -0.3 is 0 Å². The Labute approximate surface area is 140 Å². The van der Waals surface area contributed by atoms with E-state index >= 15 is 0 Å². The molecule has 0 aliphatic heterocycles. The Morgan fingerprint density at radius 2 is 0.864 bits per heavy atom. The van der Waals surface area contributed by atoms with Gasteiger partial charge in [0.2, 0.25) is 0 Å². The van der Waals surface area contributed by atoms with Crippen molar-refractivity contribution in [2.75, 3.05) is 0 Å². The van der Waals surface area contributed by atoms with E-state index in [1.54, 1.807) is 0 Å². The molecule has 2 heteroatoms. The molecule has 0 spiro atoms. The minimum absolute atomic E-state index is 0.710. The van der Waals surface area contributed by atoms with Crippen LogP contribution in [0.3, 0.4) is 0 Å². The lowest BCUT2D eigenvalue weighted by Gasteiger charge is -2.34. The topological polar surface area (TPSA) is 0 Å². The molecule has 0 heterocycles. The van der Waals surface area contributed by atoms with Gasteiger partial charge >= 0.3 is 0 Å². The molecule has 0 N–H and O–H groups in total. The summed E-state index contributed by atoms with van der Waals surface area (Å²) in [5, 5.41) is 0. The second-order valence-corrected chi connectivity index (χ2v) is 20.2. The average molecular weight is 331 g/mol. The number of allylic oxidation sites excluding steroid dienone is 8. The number of hydrogen-bond acceptors (Lipinski definition) is 0. The molecule has 0 radical (unpaired) electrons. The normalized spacial score (nSPS) is 32.8. The zero-order chi connectivity index (χ0) is 16.4. The summed E-state index contributed by atoms with van der Waals surface area (Å²) in [4.78, 5) is 0. The molecule has 122 valence electrons.